The van der Waals surface area contributed by atoms with Crippen LogP contribution in [0, 0.1) is 0 Å². The Morgan fingerprint density at radius 1 is 1.17 bits per heavy atom. The molecule has 0 saturated carbocycles. The maximum Gasteiger partial charge on any atom is 0.321 e. The summed E-state index contributed by atoms with van der Waals surface area (Å²) in [6, 6.07) is 15.3. The summed E-state index contributed by atoms with van der Waals surface area (Å²) in [6.45, 7) is 3.40. The molecule has 0 aliphatic carbocycles. The number of aromatic nitrogens is 2. The molecule has 2 amide bonds. The number of hydrogen-bond donors (Lipinski definition) is 1. The first kappa shape index (κ1) is 19.5. The number of piperidine rings is 1. The number of anilines is 1. The van der Waals surface area contributed by atoms with E-state index in [1.165, 1.54) is 5.56 Å². The topological polar surface area (TPSA) is 71.3 Å². The number of aryl methyl sites for hydroxylation is 1. The normalized spacial score (nSPS) is 14.8. The van der Waals surface area contributed by atoms with Crippen LogP contribution in [0.5, 0.6) is 0 Å². The van der Waals surface area contributed by atoms with E-state index in [9.17, 15) is 4.79 Å². The molecule has 29 heavy (non-hydrogen) atoms. The molecule has 0 radical (unpaired) electrons. The minimum atomic E-state index is -0.0741. The molecular formula is C22H23ClN4O2. The SMILES string of the molecule is CCc1ccc(NC(=O)N2CCC(c3nc(-c4ccccc4Cl)no3)CC2)cc1. The van der Waals surface area contributed by atoms with E-state index in [2.05, 4.69) is 22.4 Å². The number of nitrogens with zero attached hydrogens (tertiary/aromatic N) is 3. The van der Waals surface area contributed by atoms with E-state index in [4.69, 9.17) is 16.1 Å². The van der Waals surface area contributed by atoms with Gasteiger partial charge in [-0.15, -0.1) is 0 Å². The first-order valence-electron chi connectivity index (χ1n) is 9.87. The van der Waals surface area contributed by atoms with E-state index in [0.717, 1.165) is 30.5 Å². The fourth-order valence-electron chi connectivity index (χ4n) is 3.51. The highest BCUT2D eigenvalue weighted by Gasteiger charge is 2.28. The molecule has 6 nitrogen and oxygen atoms in total. The van der Waals surface area contributed by atoms with Crippen molar-refractivity contribution in [3.8, 4) is 11.4 Å². The van der Waals surface area contributed by atoms with E-state index in [-0.39, 0.29) is 11.9 Å². The quantitative estimate of drug-likeness (QED) is 0.628. The van der Waals surface area contributed by atoms with Crippen molar-refractivity contribution in [3.63, 3.8) is 0 Å². The molecule has 150 valence electrons. The van der Waals surface area contributed by atoms with Gasteiger partial charge in [-0.2, -0.15) is 4.98 Å². The summed E-state index contributed by atoms with van der Waals surface area (Å²) in [5.74, 6) is 1.25. The van der Waals surface area contributed by atoms with Crippen molar-refractivity contribution in [2.24, 2.45) is 0 Å². The van der Waals surface area contributed by atoms with Gasteiger partial charge in [0.05, 0.1) is 5.02 Å². The second-order valence-corrected chi connectivity index (χ2v) is 7.59. The lowest BCUT2D eigenvalue weighted by Gasteiger charge is -2.30. The Kier molecular flexibility index (Phi) is 5.81. The van der Waals surface area contributed by atoms with Crippen molar-refractivity contribution < 1.29 is 9.32 Å². The Balaban J connectivity index is 1.34. The van der Waals surface area contributed by atoms with Crippen LogP contribution >= 0.6 is 11.6 Å². The maximum absolute atomic E-state index is 12.5. The van der Waals surface area contributed by atoms with Crippen LogP contribution in [-0.4, -0.2) is 34.2 Å². The molecular weight excluding hydrogens is 388 g/mol. The van der Waals surface area contributed by atoms with Crippen molar-refractivity contribution in [1.82, 2.24) is 15.0 Å². The number of hydrogen-bond acceptors (Lipinski definition) is 4. The van der Waals surface area contributed by atoms with E-state index in [1.807, 2.05) is 47.4 Å². The predicted octanol–water partition coefficient (Wildman–Crippen LogP) is 5.36. The van der Waals surface area contributed by atoms with Crippen molar-refractivity contribution in [1.29, 1.82) is 0 Å². The molecule has 1 saturated heterocycles. The summed E-state index contributed by atoms with van der Waals surface area (Å²) in [7, 11) is 0. The van der Waals surface area contributed by atoms with Crippen molar-refractivity contribution in [2.75, 3.05) is 18.4 Å². The summed E-state index contributed by atoms with van der Waals surface area (Å²) in [5, 5.41) is 7.65. The van der Waals surface area contributed by atoms with Gasteiger partial charge < -0.3 is 14.7 Å². The lowest BCUT2D eigenvalue weighted by Crippen LogP contribution is -2.40. The average molecular weight is 411 g/mol. The third-order valence-electron chi connectivity index (χ3n) is 5.30. The minimum absolute atomic E-state index is 0.0741. The van der Waals surface area contributed by atoms with Crippen LogP contribution in [-0.2, 0) is 6.42 Å². The van der Waals surface area contributed by atoms with E-state index in [0.29, 0.717) is 29.8 Å². The fraction of sp³-hybridized carbons (Fsp3) is 0.318. The Bertz CT molecular complexity index is 978. The van der Waals surface area contributed by atoms with E-state index < -0.39 is 0 Å². The molecule has 1 aliphatic heterocycles. The van der Waals surface area contributed by atoms with E-state index >= 15 is 0 Å². The van der Waals surface area contributed by atoms with Crippen LogP contribution in [0.15, 0.2) is 53.1 Å². The van der Waals surface area contributed by atoms with Gasteiger partial charge in [0, 0.05) is 30.3 Å². The van der Waals surface area contributed by atoms with Gasteiger partial charge in [0.1, 0.15) is 0 Å². The summed E-state index contributed by atoms with van der Waals surface area (Å²) >= 11 is 6.22. The lowest BCUT2D eigenvalue weighted by molar-refractivity contribution is 0.187. The number of urea groups is 1. The maximum atomic E-state index is 12.5. The monoisotopic (exact) mass is 410 g/mol. The molecule has 0 spiro atoms. The molecule has 1 aromatic heterocycles. The molecule has 1 N–H and O–H groups in total. The zero-order valence-electron chi connectivity index (χ0n) is 16.3. The molecule has 2 heterocycles. The Morgan fingerprint density at radius 3 is 2.59 bits per heavy atom. The second kappa shape index (κ2) is 8.66. The number of rotatable bonds is 4. The highest BCUT2D eigenvalue weighted by molar-refractivity contribution is 6.33. The highest BCUT2D eigenvalue weighted by atomic mass is 35.5. The van der Waals surface area contributed by atoms with Gasteiger partial charge in [-0.05, 0) is 49.1 Å². The van der Waals surface area contributed by atoms with Crippen molar-refractivity contribution in [3.05, 3.63) is 65.0 Å². The Hall–Kier alpha value is -2.86. The standard InChI is InChI=1S/C22H23ClN4O2/c1-2-15-7-9-17(10-8-15)24-22(28)27-13-11-16(12-14-27)21-25-20(26-29-21)18-5-3-4-6-19(18)23/h3-10,16H,2,11-14H2,1H3,(H,24,28). The Morgan fingerprint density at radius 2 is 1.90 bits per heavy atom. The van der Waals surface area contributed by atoms with Crippen LogP contribution < -0.4 is 5.32 Å². The van der Waals surface area contributed by atoms with Crippen LogP contribution in [0.25, 0.3) is 11.4 Å². The van der Waals surface area contributed by atoms with Gasteiger partial charge in [0.25, 0.3) is 0 Å². The third-order valence-corrected chi connectivity index (χ3v) is 5.63. The first-order chi connectivity index (χ1) is 14.1. The van der Waals surface area contributed by atoms with Crippen LogP contribution in [0.2, 0.25) is 5.02 Å². The Labute approximate surface area is 174 Å². The van der Waals surface area contributed by atoms with Gasteiger partial charge in [-0.25, -0.2) is 4.79 Å². The van der Waals surface area contributed by atoms with Crippen molar-refractivity contribution >= 4 is 23.3 Å². The zero-order chi connectivity index (χ0) is 20.2. The number of carbonyl (C=O) groups is 1. The average Bonchev–Trinajstić information content (AvgIpc) is 3.25. The number of amides is 2. The first-order valence-corrected chi connectivity index (χ1v) is 10.2. The van der Waals surface area contributed by atoms with Gasteiger partial charge in [-0.3, -0.25) is 0 Å². The van der Waals surface area contributed by atoms with Crippen molar-refractivity contribution in [2.45, 2.75) is 32.1 Å². The van der Waals surface area contributed by atoms with Gasteiger partial charge in [0.15, 0.2) is 0 Å². The molecule has 1 fully saturated rings. The molecule has 1 aliphatic rings. The highest BCUT2D eigenvalue weighted by Crippen LogP contribution is 2.30. The van der Waals surface area contributed by atoms with Crippen LogP contribution in [0.4, 0.5) is 10.5 Å². The fourth-order valence-corrected chi connectivity index (χ4v) is 3.73. The van der Waals surface area contributed by atoms with Gasteiger partial charge >= 0.3 is 6.03 Å². The predicted molar refractivity (Wildman–Crippen MR) is 113 cm³/mol. The molecule has 0 atom stereocenters. The number of likely N-dealkylation sites (tertiary alicyclic amines) is 1. The largest absolute Gasteiger partial charge is 0.339 e. The number of nitrogens with one attached hydrogen (secondary N) is 1. The summed E-state index contributed by atoms with van der Waals surface area (Å²) in [6.07, 6.45) is 2.55. The van der Waals surface area contributed by atoms with E-state index in [1.54, 1.807) is 6.07 Å². The smallest absolute Gasteiger partial charge is 0.321 e. The summed E-state index contributed by atoms with van der Waals surface area (Å²) < 4.78 is 5.49. The summed E-state index contributed by atoms with van der Waals surface area (Å²) in [5.41, 5.74) is 2.82. The second-order valence-electron chi connectivity index (χ2n) is 7.18. The van der Waals surface area contributed by atoms with Crippen LogP contribution in [0.1, 0.15) is 37.1 Å². The molecule has 2 aromatic carbocycles. The number of halogens is 1. The molecule has 7 heteroatoms. The van der Waals surface area contributed by atoms with Gasteiger partial charge in [0.2, 0.25) is 11.7 Å². The third kappa shape index (κ3) is 4.43. The number of benzene rings is 2. The molecule has 0 bridgehead atoms. The molecule has 0 unspecified atom stereocenters. The number of carbonyl (C=O) groups excluding carboxylic acids is 1. The molecule has 4 rings (SSSR count). The summed E-state index contributed by atoms with van der Waals surface area (Å²) in [4.78, 5) is 18.9. The minimum Gasteiger partial charge on any atom is -0.339 e. The molecule has 3 aromatic rings. The van der Waals surface area contributed by atoms with Gasteiger partial charge in [-0.1, -0.05) is 47.9 Å². The van der Waals surface area contributed by atoms with Crippen LogP contribution in [0.3, 0.4) is 0 Å². The lowest BCUT2D eigenvalue weighted by atomic mass is 9.97. The zero-order valence-corrected chi connectivity index (χ0v) is 17.0.